The molecule has 15 rings (SSSR count). The van der Waals surface area contributed by atoms with Gasteiger partial charge in [-0.15, -0.1) is 0 Å². The highest BCUT2D eigenvalue weighted by Gasteiger charge is 2.39. The summed E-state index contributed by atoms with van der Waals surface area (Å²) in [6, 6.07) is 84.8. The topological polar surface area (TPSA) is 11.4 Å². The van der Waals surface area contributed by atoms with Gasteiger partial charge >= 0.3 is 0 Å². The largest absolute Gasteiger partial charge is 0.310 e. The Bertz CT molecular complexity index is 4370. The zero-order valence-corrected chi connectivity index (χ0v) is 42.7. The number of aromatic nitrogens is 1. The van der Waals surface area contributed by atoms with Crippen molar-refractivity contribution in [2.75, 3.05) is 9.80 Å². The fourth-order valence-electron chi connectivity index (χ4n) is 13.6. The number of para-hydroxylation sites is 1. The first-order valence-corrected chi connectivity index (χ1v) is 26.2. The van der Waals surface area contributed by atoms with E-state index in [1.807, 2.05) is 0 Å². The van der Waals surface area contributed by atoms with Crippen molar-refractivity contribution in [3.63, 3.8) is 0 Å². The zero-order chi connectivity index (χ0) is 49.8. The number of rotatable bonds is 6. The molecule has 74 heavy (non-hydrogen) atoms. The number of hydrogen-bond acceptors (Lipinski definition) is 2. The Morgan fingerprint density at radius 1 is 0.284 bits per heavy atom. The van der Waals surface area contributed by atoms with Gasteiger partial charge in [0.15, 0.2) is 0 Å². The molecule has 11 aromatic carbocycles. The van der Waals surface area contributed by atoms with E-state index in [0.29, 0.717) is 0 Å². The number of benzene rings is 11. The van der Waals surface area contributed by atoms with E-state index in [9.17, 15) is 0 Å². The fraction of sp³-hybridized carbons (Fsp3) is 0.127. The van der Waals surface area contributed by atoms with E-state index in [4.69, 9.17) is 0 Å². The Kier molecular flexibility index (Phi) is 8.82. The molecule has 0 bridgehead atoms. The lowest BCUT2D eigenvalue weighted by atomic mass is 9.74. The maximum atomic E-state index is 2.55. The molecule has 354 valence electrons. The van der Waals surface area contributed by atoms with Crippen molar-refractivity contribution >= 4 is 77.5 Å². The smallest absolute Gasteiger partial charge is 0.0583 e. The van der Waals surface area contributed by atoms with Crippen LogP contribution in [0.15, 0.2) is 224 Å². The lowest BCUT2D eigenvalue weighted by molar-refractivity contribution is 0.630. The number of anilines is 6. The summed E-state index contributed by atoms with van der Waals surface area (Å²) in [6.45, 7) is 14.4. The summed E-state index contributed by atoms with van der Waals surface area (Å²) < 4.78 is 2.55. The van der Waals surface area contributed by atoms with Gasteiger partial charge in [-0.2, -0.15) is 0 Å². The molecule has 3 nitrogen and oxygen atoms in total. The summed E-state index contributed by atoms with van der Waals surface area (Å²) >= 11 is 0. The van der Waals surface area contributed by atoms with Gasteiger partial charge in [0, 0.05) is 61.1 Å². The van der Waals surface area contributed by atoms with Crippen LogP contribution in [0.2, 0.25) is 0 Å². The van der Waals surface area contributed by atoms with Gasteiger partial charge < -0.3 is 14.4 Å². The lowest BCUT2D eigenvalue weighted by Gasteiger charge is -2.36. The first-order chi connectivity index (χ1) is 35.9. The molecule has 0 amide bonds. The van der Waals surface area contributed by atoms with Gasteiger partial charge in [0.05, 0.1) is 16.7 Å². The Balaban J connectivity index is 0.997. The van der Waals surface area contributed by atoms with Crippen LogP contribution in [-0.4, -0.2) is 4.57 Å². The summed E-state index contributed by atoms with van der Waals surface area (Å²) in [4.78, 5) is 5.01. The normalized spacial score (nSPS) is 14.9. The minimum absolute atomic E-state index is 0.147. The molecule has 0 spiro atoms. The van der Waals surface area contributed by atoms with E-state index in [2.05, 4.69) is 280 Å². The number of nitrogens with zero attached hydrogens (tertiary/aromatic N) is 3. The highest BCUT2D eigenvalue weighted by molar-refractivity contribution is 6.14. The van der Waals surface area contributed by atoms with Crippen molar-refractivity contribution in [1.29, 1.82) is 0 Å². The molecule has 0 unspecified atom stereocenters. The van der Waals surface area contributed by atoms with E-state index in [-0.39, 0.29) is 16.2 Å². The van der Waals surface area contributed by atoms with Crippen LogP contribution in [0.25, 0.3) is 71.3 Å². The third-order valence-corrected chi connectivity index (χ3v) is 17.5. The minimum Gasteiger partial charge on any atom is -0.310 e. The van der Waals surface area contributed by atoms with Crippen LogP contribution < -0.4 is 9.80 Å². The molecule has 0 saturated heterocycles. The summed E-state index contributed by atoms with van der Waals surface area (Å²) in [5.74, 6) is 0. The standard InChI is InChI=1S/C71H55N3/c1-69(2)60-23-13-11-21-54(60)56-34-31-51(41-63(56)69)72(48-29-27-44-17-7-9-19-46(44)37-48)50-33-36-66-58(39-50)59-40-53(43-65-68(59)74(66)67-26-16-15-25-62(67)71(65,5)6)73(49-30-28-45-18-8-10-20-47(45)38-49)52-32-35-57-55-22-12-14-24-61(55)70(3,4)64(57)42-52/h7-43H,1-6H3. The molecule has 3 heteroatoms. The van der Waals surface area contributed by atoms with Crippen molar-refractivity contribution in [2.24, 2.45) is 0 Å². The van der Waals surface area contributed by atoms with Crippen molar-refractivity contribution in [3.8, 4) is 27.9 Å². The molecule has 0 radical (unpaired) electrons. The molecule has 1 aromatic heterocycles. The molecule has 0 saturated carbocycles. The molecule has 0 N–H and O–H groups in total. The van der Waals surface area contributed by atoms with Crippen molar-refractivity contribution in [1.82, 2.24) is 4.57 Å². The average Bonchev–Trinajstić information content (AvgIpc) is 4.00. The van der Waals surface area contributed by atoms with Gasteiger partial charge in [0.1, 0.15) is 0 Å². The SMILES string of the molecule is CC1(C)c2ccccc2-c2ccc(N(c3ccc4ccccc4c3)c3ccc4c(c3)c3cc(N(c5ccc6c(c5)C(C)(C)c5ccccc5-6)c5ccc6ccccc6c5)cc5c3n4-c3ccccc3C5(C)C)cc21. The molecule has 0 atom stereocenters. The maximum absolute atomic E-state index is 2.55. The van der Waals surface area contributed by atoms with Gasteiger partial charge in [-0.05, 0) is 162 Å². The van der Waals surface area contributed by atoms with Crippen LogP contribution in [0.1, 0.15) is 74.9 Å². The Hall–Kier alpha value is -8.66. The van der Waals surface area contributed by atoms with Crippen LogP contribution in [-0.2, 0) is 16.2 Å². The monoisotopic (exact) mass is 949 g/mol. The van der Waals surface area contributed by atoms with Crippen LogP contribution in [0.5, 0.6) is 0 Å². The molecule has 1 aliphatic heterocycles. The van der Waals surface area contributed by atoms with Gasteiger partial charge in [-0.25, -0.2) is 0 Å². The molecule has 12 aromatic rings. The minimum atomic E-state index is -0.305. The zero-order valence-electron chi connectivity index (χ0n) is 42.7. The van der Waals surface area contributed by atoms with E-state index >= 15 is 0 Å². The van der Waals surface area contributed by atoms with Crippen molar-refractivity contribution in [3.05, 3.63) is 258 Å². The van der Waals surface area contributed by atoms with E-state index in [0.717, 1.165) is 34.1 Å². The maximum Gasteiger partial charge on any atom is 0.0583 e. The summed E-state index contributed by atoms with van der Waals surface area (Å²) in [5, 5.41) is 7.35. The van der Waals surface area contributed by atoms with Crippen LogP contribution >= 0.6 is 0 Å². The first-order valence-electron chi connectivity index (χ1n) is 26.2. The summed E-state index contributed by atoms with van der Waals surface area (Å²) in [6.07, 6.45) is 0. The van der Waals surface area contributed by atoms with Gasteiger partial charge in [0.25, 0.3) is 0 Å². The van der Waals surface area contributed by atoms with Crippen molar-refractivity contribution < 1.29 is 0 Å². The van der Waals surface area contributed by atoms with Crippen LogP contribution in [0, 0.1) is 0 Å². The first kappa shape index (κ1) is 43.0. The third kappa shape index (κ3) is 5.95. The molecule has 3 aliphatic rings. The van der Waals surface area contributed by atoms with Gasteiger partial charge in [0.2, 0.25) is 0 Å². The van der Waals surface area contributed by atoms with E-state index in [1.165, 1.54) is 105 Å². The Morgan fingerprint density at radius 3 is 1.26 bits per heavy atom. The molecule has 2 heterocycles. The number of fused-ring (bicyclic) bond motifs is 13. The van der Waals surface area contributed by atoms with Gasteiger partial charge in [-0.1, -0.05) is 181 Å². The third-order valence-electron chi connectivity index (χ3n) is 17.5. The summed E-state index contributed by atoms with van der Waals surface area (Å²) in [7, 11) is 0. The predicted octanol–water partition coefficient (Wildman–Crippen LogP) is 19.3. The number of hydrogen-bond donors (Lipinski definition) is 0. The lowest BCUT2D eigenvalue weighted by Crippen LogP contribution is -2.26. The highest BCUT2D eigenvalue weighted by Crippen LogP contribution is 2.55. The molecular formula is C71H55N3. The molecular weight excluding hydrogens is 895 g/mol. The van der Waals surface area contributed by atoms with Crippen LogP contribution in [0.4, 0.5) is 34.1 Å². The molecule has 0 fully saturated rings. The second kappa shape index (κ2) is 15.2. The summed E-state index contributed by atoms with van der Waals surface area (Å²) in [5.41, 5.74) is 23.3. The Morgan fingerprint density at radius 2 is 0.676 bits per heavy atom. The Labute approximate surface area is 433 Å². The van der Waals surface area contributed by atoms with Crippen LogP contribution in [0.3, 0.4) is 0 Å². The van der Waals surface area contributed by atoms with Crippen molar-refractivity contribution in [2.45, 2.75) is 57.8 Å². The quantitative estimate of drug-likeness (QED) is 0.165. The predicted molar refractivity (Wildman–Crippen MR) is 312 cm³/mol. The second-order valence-corrected chi connectivity index (χ2v) is 22.6. The van der Waals surface area contributed by atoms with E-state index < -0.39 is 0 Å². The highest BCUT2D eigenvalue weighted by atomic mass is 15.2. The van der Waals surface area contributed by atoms with Gasteiger partial charge in [-0.3, -0.25) is 0 Å². The second-order valence-electron chi connectivity index (χ2n) is 22.6. The van der Waals surface area contributed by atoms with E-state index in [1.54, 1.807) is 0 Å². The fourth-order valence-corrected chi connectivity index (χ4v) is 13.6. The molecule has 2 aliphatic carbocycles. The average molecular weight is 950 g/mol.